The number of benzene rings is 1. The van der Waals surface area contributed by atoms with Crippen LogP contribution in [0.5, 0.6) is 5.75 Å². The average molecular weight is 437 g/mol. The molecule has 4 rings (SSSR count). The van der Waals surface area contributed by atoms with E-state index >= 15 is 0 Å². The van der Waals surface area contributed by atoms with Gasteiger partial charge < -0.3 is 15.0 Å². The lowest BCUT2D eigenvalue weighted by Crippen LogP contribution is -2.44. The summed E-state index contributed by atoms with van der Waals surface area (Å²) in [5, 5.41) is 3.21. The van der Waals surface area contributed by atoms with E-state index in [1.807, 2.05) is 42.6 Å². The van der Waals surface area contributed by atoms with Gasteiger partial charge in [-0.15, -0.1) is 0 Å². The van der Waals surface area contributed by atoms with E-state index < -0.39 is 0 Å². The monoisotopic (exact) mass is 436 g/mol. The number of aromatic nitrogens is 1. The number of nitrogens with one attached hydrogen (secondary N) is 1. The van der Waals surface area contributed by atoms with E-state index in [1.54, 1.807) is 0 Å². The minimum atomic E-state index is 0.0216. The first-order chi connectivity index (χ1) is 15.7. The van der Waals surface area contributed by atoms with Crippen LogP contribution in [-0.2, 0) is 6.54 Å². The van der Waals surface area contributed by atoms with E-state index in [0.29, 0.717) is 5.56 Å². The molecule has 1 N–H and O–H groups in total. The van der Waals surface area contributed by atoms with Crippen LogP contribution in [-0.4, -0.2) is 65.6 Å². The van der Waals surface area contributed by atoms with Crippen molar-refractivity contribution in [3.8, 4) is 5.75 Å². The summed E-state index contributed by atoms with van der Waals surface area (Å²) >= 11 is 0. The zero-order valence-electron chi connectivity index (χ0n) is 19.2. The Labute approximate surface area is 192 Å². The molecule has 32 heavy (non-hydrogen) atoms. The number of carbonyl (C=O) groups is 1. The lowest BCUT2D eigenvalue weighted by molar-refractivity contribution is 0.0910. The van der Waals surface area contributed by atoms with E-state index in [-0.39, 0.29) is 18.1 Å². The van der Waals surface area contributed by atoms with Crippen molar-refractivity contribution in [2.24, 2.45) is 0 Å². The van der Waals surface area contributed by atoms with Gasteiger partial charge in [-0.2, -0.15) is 0 Å². The van der Waals surface area contributed by atoms with Crippen LogP contribution in [0.25, 0.3) is 0 Å². The number of piperidine rings is 2. The molecule has 1 aromatic heterocycles. The van der Waals surface area contributed by atoms with Crippen LogP contribution in [0, 0.1) is 0 Å². The number of amides is 1. The normalized spacial score (nSPS) is 19.0. The second kappa shape index (κ2) is 11.4. The van der Waals surface area contributed by atoms with Crippen molar-refractivity contribution in [1.29, 1.82) is 0 Å². The van der Waals surface area contributed by atoms with Crippen molar-refractivity contribution in [3.63, 3.8) is 0 Å². The minimum Gasteiger partial charge on any atom is -0.490 e. The van der Waals surface area contributed by atoms with Crippen molar-refractivity contribution in [1.82, 2.24) is 20.1 Å². The highest BCUT2D eigenvalue weighted by molar-refractivity contribution is 5.94. The molecule has 0 unspecified atom stereocenters. The number of nitrogens with zero attached hydrogens (tertiary/aromatic N) is 3. The number of pyridine rings is 1. The van der Waals surface area contributed by atoms with Crippen LogP contribution in [0.4, 0.5) is 0 Å². The van der Waals surface area contributed by atoms with Crippen LogP contribution in [0.1, 0.15) is 55.1 Å². The summed E-state index contributed by atoms with van der Waals surface area (Å²) in [6.07, 6.45) is 7.35. The van der Waals surface area contributed by atoms with Gasteiger partial charge in [-0.05, 0) is 75.0 Å². The highest BCUT2D eigenvalue weighted by Gasteiger charge is 2.22. The maximum Gasteiger partial charge on any atom is 0.251 e. The predicted octanol–water partition coefficient (Wildman–Crippen LogP) is 3.73. The standard InChI is InChI=1S/C26H36N4O2/c1-2-15-29-16-10-22(11-17-29)28-26(31)21-6-8-24(9-7-21)32-25-12-18-30(19-13-25)20-23-5-3-4-14-27-23/h3-9,14,22,25H,2,10-13,15-20H2,1H3,(H,28,31). The average Bonchev–Trinajstić information content (AvgIpc) is 2.83. The maximum atomic E-state index is 12.6. The van der Waals surface area contributed by atoms with E-state index in [4.69, 9.17) is 4.74 Å². The number of ether oxygens (including phenoxy) is 1. The molecule has 1 aromatic carbocycles. The topological polar surface area (TPSA) is 57.7 Å². The fourth-order valence-corrected chi connectivity index (χ4v) is 4.67. The summed E-state index contributed by atoms with van der Waals surface area (Å²) in [6, 6.07) is 14.0. The summed E-state index contributed by atoms with van der Waals surface area (Å²) < 4.78 is 6.19. The van der Waals surface area contributed by atoms with E-state index in [2.05, 4.69) is 33.1 Å². The number of likely N-dealkylation sites (tertiary alicyclic amines) is 2. The number of carbonyl (C=O) groups excluding carboxylic acids is 1. The minimum absolute atomic E-state index is 0.0216. The van der Waals surface area contributed by atoms with Crippen molar-refractivity contribution in [2.75, 3.05) is 32.7 Å². The van der Waals surface area contributed by atoms with Gasteiger partial charge >= 0.3 is 0 Å². The van der Waals surface area contributed by atoms with Gasteiger partial charge in [-0.3, -0.25) is 14.7 Å². The highest BCUT2D eigenvalue weighted by atomic mass is 16.5. The molecule has 6 nitrogen and oxygen atoms in total. The van der Waals surface area contributed by atoms with Crippen LogP contribution < -0.4 is 10.1 Å². The molecule has 2 aliphatic rings. The summed E-state index contributed by atoms with van der Waals surface area (Å²) in [5.41, 5.74) is 1.82. The first-order valence-corrected chi connectivity index (χ1v) is 12.1. The lowest BCUT2D eigenvalue weighted by Gasteiger charge is -2.32. The van der Waals surface area contributed by atoms with Gasteiger partial charge in [-0.1, -0.05) is 13.0 Å². The van der Waals surface area contributed by atoms with Gasteiger partial charge in [0.05, 0.1) is 5.69 Å². The molecule has 2 aliphatic heterocycles. The fourth-order valence-electron chi connectivity index (χ4n) is 4.67. The van der Waals surface area contributed by atoms with Crippen molar-refractivity contribution < 1.29 is 9.53 Å². The van der Waals surface area contributed by atoms with Crippen LogP contribution in [0.2, 0.25) is 0 Å². The molecular weight excluding hydrogens is 400 g/mol. The fraction of sp³-hybridized carbons (Fsp3) is 0.538. The zero-order valence-corrected chi connectivity index (χ0v) is 19.2. The molecule has 2 aromatic rings. The summed E-state index contributed by atoms with van der Waals surface area (Å²) in [4.78, 5) is 22.0. The maximum absolute atomic E-state index is 12.6. The molecule has 0 aliphatic carbocycles. The van der Waals surface area contributed by atoms with E-state index in [1.165, 1.54) is 6.42 Å². The molecule has 172 valence electrons. The Bertz CT molecular complexity index is 827. The molecule has 2 fully saturated rings. The Balaban J connectivity index is 1.19. The number of hydrogen-bond donors (Lipinski definition) is 1. The van der Waals surface area contributed by atoms with E-state index in [0.717, 1.165) is 76.4 Å². The van der Waals surface area contributed by atoms with Gasteiger partial charge in [0.2, 0.25) is 0 Å². The summed E-state index contributed by atoms with van der Waals surface area (Å²) in [5.74, 6) is 0.867. The molecule has 0 bridgehead atoms. The third kappa shape index (κ3) is 6.53. The largest absolute Gasteiger partial charge is 0.490 e. The Morgan fingerprint density at radius 1 is 1.00 bits per heavy atom. The molecule has 6 heteroatoms. The molecule has 2 saturated heterocycles. The predicted molar refractivity (Wildman–Crippen MR) is 127 cm³/mol. The number of hydrogen-bond acceptors (Lipinski definition) is 5. The quantitative estimate of drug-likeness (QED) is 0.683. The Kier molecular flexibility index (Phi) is 8.13. The molecule has 0 radical (unpaired) electrons. The lowest BCUT2D eigenvalue weighted by atomic mass is 10.0. The Morgan fingerprint density at radius 3 is 2.38 bits per heavy atom. The van der Waals surface area contributed by atoms with Gasteiger partial charge in [0.25, 0.3) is 5.91 Å². The van der Waals surface area contributed by atoms with Crippen molar-refractivity contribution in [2.45, 2.75) is 57.7 Å². The van der Waals surface area contributed by atoms with Gasteiger partial charge in [0.1, 0.15) is 11.9 Å². The number of rotatable bonds is 8. The van der Waals surface area contributed by atoms with E-state index in [9.17, 15) is 4.79 Å². The first kappa shape index (κ1) is 22.7. The molecule has 3 heterocycles. The summed E-state index contributed by atoms with van der Waals surface area (Å²) in [7, 11) is 0. The van der Waals surface area contributed by atoms with Crippen molar-refractivity contribution in [3.05, 3.63) is 59.9 Å². The Hall–Kier alpha value is -2.44. The molecular formula is C26H36N4O2. The third-order valence-electron chi connectivity index (χ3n) is 6.53. The molecule has 0 saturated carbocycles. The molecule has 0 atom stereocenters. The van der Waals surface area contributed by atoms with Gasteiger partial charge in [-0.25, -0.2) is 0 Å². The van der Waals surface area contributed by atoms with Gasteiger partial charge in [0.15, 0.2) is 0 Å². The second-order valence-electron chi connectivity index (χ2n) is 9.03. The van der Waals surface area contributed by atoms with Crippen molar-refractivity contribution >= 4 is 5.91 Å². The zero-order chi connectivity index (χ0) is 22.2. The smallest absolute Gasteiger partial charge is 0.251 e. The Morgan fingerprint density at radius 2 is 1.72 bits per heavy atom. The summed E-state index contributed by atoms with van der Waals surface area (Å²) in [6.45, 7) is 8.45. The van der Waals surface area contributed by atoms with Gasteiger partial charge in [0, 0.05) is 50.5 Å². The van der Waals surface area contributed by atoms with Crippen LogP contribution in [0.3, 0.4) is 0 Å². The SMILES string of the molecule is CCCN1CCC(NC(=O)c2ccc(OC3CCN(Cc4ccccn4)CC3)cc2)CC1. The second-order valence-corrected chi connectivity index (χ2v) is 9.03. The highest BCUT2D eigenvalue weighted by Crippen LogP contribution is 2.21. The molecule has 0 spiro atoms. The third-order valence-corrected chi connectivity index (χ3v) is 6.53. The molecule has 1 amide bonds. The van der Waals surface area contributed by atoms with Crippen LogP contribution >= 0.6 is 0 Å². The van der Waals surface area contributed by atoms with Crippen LogP contribution in [0.15, 0.2) is 48.7 Å². The first-order valence-electron chi connectivity index (χ1n) is 12.1.